The Morgan fingerprint density at radius 2 is 2.37 bits per heavy atom. The minimum atomic E-state index is -0.0579. The summed E-state index contributed by atoms with van der Waals surface area (Å²) >= 11 is 8.03. The lowest BCUT2D eigenvalue weighted by molar-refractivity contribution is -0.122. The number of halogens is 1. The molecule has 2 atom stereocenters. The van der Waals surface area contributed by atoms with Crippen LogP contribution in [0.3, 0.4) is 0 Å². The summed E-state index contributed by atoms with van der Waals surface area (Å²) in [6, 6.07) is 7.85. The molecule has 0 saturated carbocycles. The quantitative estimate of drug-likeness (QED) is 0.898. The van der Waals surface area contributed by atoms with Crippen molar-refractivity contribution in [2.45, 2.75) is 25.4 Å². The van der Waals surface area contributed by atoms with E-state index in [0.717, 1.165) is 23.6 Å². The van der Waals surface area contributed by atoms with Gasteiger partial charge in [-0.2, -0.15) is 11.8 Å². The molecule has 0 bridgehead atoms. The Morgan fingerprint density at radius 1 is 1.58 bits per heavy atom. The Balaban J connectivity index is 1.86. The third-order valence-corrected chi connectivity index (χ3v) is 4.65. The summed E-state index contributed by atoms with van der Waals surface area (Å²) in [6.07, 6.45) is 0.530. The summed E-state index contributed by atoms with van der Waals surface area (Å²) in [5.41, 5.74) is 0.962. The van der Waals surface area contributed by atoms with Crippen LogP contribution in [0.25, 0.3) is 0 Å². The molecule has 5 heteroatoms. The number of benzene rings is 1. The van der Waals surface area contributed by atoms with Gasteiger partial charge in [-0.1, -0.05) is 29.8 Å². The highest BCUT2D eigenvalue weighted by atomic mass is 35.5. The minimum absolute atomic E-state index is 0.0579. The molecule has 1 aliphatic heterocycles. The average molecular weight is 299 g/mol. The lowest BCUT2D eigenvalue weighted by atomic mass is 10.1. The summed E-state index contributed by atoms with van der Waals surface area (Å²) in [5.74, 6) is 2.22. The molecule has 1 aromatic carbocycles. The predicted molar refractivity (Wildman–Crippen MR) is 81.7 cm³/mol. The summed E-state index contributed by atoms with van der Waals surface area (Å²) in [7, 11) is 0. The maximum atomic E-state index is 12.0. The summed E-state index contributed by atoms with van der Waals surface area (Å²) < 4.78 is 0. The fraction of sp³-hybridized carbons (Fsp3) is 0.500. The number of hydrogen-bond donors (Lipinski definition) is 2. The van der Waals surface area contributed by atoms with Crippen molar-refractivity contribution in [1.29, 1.82) is 0 Å². The molecule has 104 valence electrons. The topological polar surface area (TPSA) is 41.1 Å². The van der Waals surface area contributed by atoms with Gasteiger partial charge in [0.15, 0.2) is 0 Å². The van der Waals surface area contributed by atoms with Crippen LogP contribution in [-0.2, 0) is 4.79 Å². The smallest absolute Gasteiger partial charge is 0.222 e. The van der Waals surface area contributed by atoms with Crippen molar-refractivity contribution >= 4 is 29.3 Å². The van der Waals surface area contributed by atoms with Gasteiger partial charge in [-0.05, 0) is 18.6 Å². The number of rotatable bonds is 4. The van der Waals surface area contributed by atoms with Crippen molar-refractivity contribution in [3.05, 3.63) is 34.9 Å². The fourth-order valence-corrected chi connectivity index (χ4v) is 3.43. The van der Waals surface area contributed by atoms with Crippen LogP contribution in [0.5, 0.6) is 0 Å². The SMILES string of the molecule is C[C@H](NC(=O)CC1CSCCN1)c1ccccc1Cl. The zero-order chi connectivity index (χ0) is 13.7. The van der Waals surface area contributed by atoms with Crippen LogP contribution in [0, 0.1) is 0 Å². The van der Waals surface area contributed by atoms with Crippen molar-refractivity contribution < 1.29 is 4.79 Å². The van der Waals surface area contributed by atoms with Crippen molar-refractivity contribution in [3.8, 4) is 0 Å². The Kier molecular flexibility index (Phi) is 5.55. The van der Waals surface area contributed by atoms with Crippen LogP contribution >= 0.6 is 23.4 Å². The van der Waals surface area contributed by atoms with E-state index in [9.17, 15) is 4.79 Å². The zero-order valence-corrected chi connectivity index (χ0v) is 12.6. The van der Waals surface area contributed by atoms with E-state index in [-0.39, 0.29) is 18.0 Å². The highest BCUT2D eigenvalue weighted by molar-refractivity contribution is 7.99. The van der Waals surface area contributed by atoms with E-state index < -0.39 is 0 Å². The normalized spacial score (nSPS) is 20.8. The third-order valence-electron chi connectivity index (χ3n) is 3.18. The first-order valence-electron chi connectivity index (χ1n) is 6.51. The molecule has 0 aliphatic carbocycles. The van der Waals surface area contributed by atoms with E-state index in [4.69, 9.17) is 11.6 Å². The van der Waals surface area contributed by atoms with Gasteiger partial charge in [-0.25, -0.2) is 0 Å². The average Bonchev–Trinajstić information content (AvgIpc) is 2.40. The van der Waals surface area contributed by atoms with Gasteiger partial charge in [0.2, 0.25) is 5.91 Å². The minimum Gasteiger partial charge on any atom is -0.349 e. The molecule has 1 aromatic rings. The number of thioether (sulfide) groups is 1. The predicted octanol–water partition coefficient (Wildman–Crippen LogP) is 2.61. The van der Waals surface area contributed by atoms with Gasteiger partial charge in [0.05, 0.1) is 6.04 Å². The first kappa shape index (κ1) is 14.7. The van der Waals surface area contributed by atoms with E-state index in [0.29, 0.717) is 11.4 Å². The number of carbonyl (C=O) groups excluding carboxylic acids is 1. The van der Waals surface area contributed by atoms with Gasteiger partial charge in [-0.3, -0.25) is 4.79 Å². The monoisotopic (exact) mass is 298 g/mol. The molecule has 19 heavy (non-hydrogen) atoms. The Morgan fingerprint density at radius 3 is 3.05 bits per heavy atom. The van der Waals surface area contributed by atoms with Gasteiger partial charge in [-0.15, -0.1) is 0 Å². The molecule has 0 radical (unpaired) electrons. The van der Waals surface area contributed by atoms with E-state index in [2.05, 4.69) is 10.6 Å². The number of carbonyl (C=O) groups is 1. The first-order valence-corrected chi connectivity index (χ1v) is 8.05. The molecule has 1 saturated heterocycles. The highest BCUT2D eigenvalue weighted by Crippen LogP contribution is 2.22. The standard InChI is InChI=1S/C14H19ClN2OS/c1-10(12-4-2-3-5-13(12)15)17-14(18)8-11-9-19-7-6-16-11/h2-5,10-11,16H,6-9H2,1H3,(H,17,18)/t10-,11?/m0/s1. The van der Waals surface area contributed by atoms with E-state index in [1.54, 1.807) is 0 Å². The lowest BCUT2D eigenvalue weighted by Crippen LogP contribution is -2.41. The van der Waals surface area contributed by atoms with E-state index in [1.807, 2.05) is 43.0 Å². The second-order valence-corrected chi connectivity index (χ2v) is 6.30. The zero-order valence-electron chi connectivity index (χ0n) is 11.0. The second kappa shape index (κ2) is 7.17. The molecular weight excluding hydrogens is 280 g/mol. The Hall–Kier alpha value is -0.710. The Bertz CT molecular complexity index is 435. The third kappa shape index (κ3) is 4.41. The maximum absolute atomic E-state index is 12.0. The fourth-order valence-electron chi connectivity index (χ4n) is 2.18. The summed E-state index contributed by atoms with van der Waals surface area (Å²) in [6.45, 7) is 2.95. The molecular formula is C14H19ClN2OS. The molecule has 3 nitrogen and oxygen atoms in total. The summed E-state index contributed by atoms with van der Waals surface area (Å²) in [4.78, 5) is 12.0. The molecule has 1 aliphatic rings. The molecule has 1 unspecified atom stereocenters. The molecule has 0 spiro atoms. The second-order valence-electron chi connectivity index (χ2n) is 4.74. The molecule has 0 aromatic heterocycles. The van der Waals surface area contributed by atoms with Gasteiger partial charge >= 0.3 is 0 Å². The molecule has 1 heterocycles. The number of hydrogen-bond acceptors (Lipinski definition) is 3. The summed E-state index contributed by atoms with van der Waals surface area (Å²) in [5, 5.41) is 7.07. The van der Waals surface area contributed by atoms with Crippen molar-refractivity contribution in [3.63, 3.8) is 0 Å². The van der Waals surface area contributed by atoms with Crippen LogP contribution in [0.4, 0.5) is 0 Å². The van der Waals surface area contributed by atoms with E-state index >= 15 is 0 Å². The highest BCUT2D eigenvalue weighted by Gasteiger charge is 2.18. The van der Waals surface area contributed by atoms with E-state index in [1.165, 1.54) is 0 Å². The first-order chi connectivity index (χ1) is 9.16. The molecule has 2 rings (SSSR count). The maximum Gasteiger partial charge on any atom is 0.222 e. The Labute approximate surface area is 123 Å². The van der Waals surface area contributed by atoms with Gasteiger partial charge < -0.3 is 10.6 Å². The largest absolute Gasteiger partial charge is 0.349 e. The van der Waals surface area contributed by atoms with Crippen LogP contribution in [-0.4, -0.2) is 30.0 Å². The van der Waals surface area contributed by atoms with Crippen molar-refractivity contribution in [2.24, 2.45) is 0 Å². The van der Waals surface area contributed by atoms with Gasteiger partial charge in [0.1, 0.15) is 0 Å². The van der Waals surface area contributed by atoms with Gasteiger partial charge in [0.25, 0.3) is 0 Å². The van der Waals surface area contributed by atoms with Crippen LogP contribution in [0.15, 0.2) is 24.3 Å². The van der Waals surface area contributed by atoms with Gasteiger partial charge in [0, 0.05) is 35.5 Å². The van der Waals surface area contributed by atoms with Crippen molar-refractivity contribution in [1.82, 2.24) is 10.6 Å². The van der Waals surface area contributed by atoms with Crippen LogP contribution in [0.1, 0.15) is 24.9 Å². The number of nitrogens with one attached hydrogen (secondary N) is 2. The molecule has 2 N–H and O–H groups in total. The van der Waals surface area contributed by atoms with Crippen LogP contribution < -0.4 is 10.6 Å². The van der Waals surface area contributed by atoms with Crippen LogP contribution in [0.2, 0.25) is 5.02 Å². The lowest BCUT2D eigenvalue weighted by Gasteiger charge is -2.23. The van der Waals surface area contributed by atoms with Crippen molar-refractivity contribution in [2.75, 3.05) is 18.1 Å². The number of amides is 1. The molecule has 1 fully saturated rings. The molecule has 1 amide bonds.